The zero-order valence-electron chi connectivity index (χ0n) is 11.4. The van der Waals surface area contributed by atoms with Gasteiger partial charge in [-0.15, -0.1) is 0 Å². The van der Waals surface area contributed by atoms with Crippen molar-refractivity contribution in [2.24, 2.45) is 0 Å². The highest BCUT2D eigenvalue weighted by Gasteiger charge is 2.27. The van der Waals surface area contributed by atoms with Crippen LogP contribution in [0.2, 0.25) is 0 Å². The van der Waals surface area contributed by atoms with Gasteiger partial charge in [0, 0.05) is 21.6 Å². The van der Waals surface area contributed by atoms with E-state index < -0.39 is 0 Å². The van der Waals surface area contributed by atoms with E-state index >= 15 is 0 Å². The molecule has 4 heteroatoms. The van der Waals surface area contributed by atoms with E-state index in [9.17, 15) is 0 Å². The van der Waals surface area contributed by atoms with Crippen LogP contribution in [0.1, 0.15) is 35.6 Å². The molecule has 1 aromatic carbocycles. The number of nitrogens with one attached hydrogen (secondary N) is 1. The molecule has 3 nitrogen and oxygen atoms in total. The summed E-state index contributed by atoms with van der Waals surface area (Å²) in [7, 11) is 3.40. The highest BCUT2D eigenvalue weighted by atomic mass is 79.9. The summed E-state index contributed by atoms with van der Waals surface area (Å²) >= 11 is 3.67. The van der Waals surface area contributed by atoms with Crippen LogP contribution in [0.25, 0.3) is 0 Å². The molecule has 1 unspecified atom stereocenters. The summed E-state index contributed by atoms with van der Waals surface area (Å²) < 4.78 is 12.2. The largest absolute Gasteiger partial charge is 0.493 e. The van der Waals surface area contributed by atoms with Crippen molar-refractivity contribution in [3.05, 3.63) is 21.2 Å². The van der Waals surface area contributed by atoms with Crippen LogP contribution >= 0.6 is 15.9 Å². The summed E-state index contributed by atoms with van der Waals surface area (Å²) in [5.41, 5.74) is 3.56. The summed E-state index contributed by atoms with van der Waals surface area (Å²) in [4.78, 5) is 0. The number of ether oxygens (including phenoxy) is 2. The van der Waals surface area contributed by atoms with Gasteiger partial charge in [-0.1, -0.05) is 15.9 Å². The third kappa shape index (κ3) is 2.12. The first-order valence-electron chi connectivity index (χ1n) is 6.25. The average Bonchev–Trinajstić information content (AvgIpc) is 2.89. The molecule has 1 atom stereocenters. The standard InChI is InChI=1S/C14H20BrNO2/c1-8-11(10-6-5-7-16-10)14(18-4)13(17-3)9(2)12(8)15/h10,16H,5-7H2,1-4H3. The van der Waals surface area contributed by atoms with E-state index in [1.807, 2.05) is 6.92 Å². The summed E-state index contributed by atoms with van der Waals surface area (Å²) in [6.45, 7) is 5.25. The Labute approximate surface area is 117 Å². The molecular formula is C14H20BrNO2. The number of hydrogen-bond donors (Lipinski definition) is 1. The zero-order chi connectivity index (χ0) is 13.3. The van der Waals surface area contributed by atoms with E-state index in [-0.39, 0.29) is 0 Å². The van der Waals surface area contributed by atoms with Gasteiger partial charge in [-0.25, -0.2) is 0 Å². The van der Waals surface area contributed by atoms with E-state index in [0.717, 1.165) is 34.5 Å². The van der Waals surface area contributed by atoms with Crippen molar-refractivity contribution < 1.29 is 9.47 Å². The lowest BCUT2D eigenvalue weighted by Gasteiger charge is -2.23. The van der Waals surface area contributed by atoms with Crippen LogP contribution in [-0.4, -0.2) is 20.8 Å². The Morgan fingerprint density at radius 3 is 2.28 bits per heavy atom. The average molecular weight is 314 g/mol. The molecule has 1 aromatic rings. The van der Waals surface area contributed by atoms with Crippen LogP contribution < -0.4 is 14.8 Å². The molecule has 0 radical (unpaired) electrons. The summed E-state index contributed by atoms with van der Waals surface area (Å²) in [6, 6.07) is 0.366. The number of benzene rings is 1. The summed E-state index contributed by atoms with van der Waals surface area (Å²) in [5, 5.41) is 3.53. The molecule has 2 rings (SSSR count). The Morgan fingerprint density at radius 1 is 1.11 bits per heavy atom. The molecule has 1 heterocycles. The topological polar surface area (TPSA) is 30.5 Å². The van der Waals surface area contributed by atoms with Gasteiger partial charge in [0.2, 0.25) is 0 Å². The Kier molecular flexibility index (Phi) is 4.17. The summed E-state index contributed by atoms with van der Waals surface area (Å²) in [6.07, 6.45) is 2.36. The first-order chi connectivity index (χ1) is 8.61. The van der Waals surface area contributed by atoms with Gasteiger partial charge in [-0.2, -0.15) is 0 Å². The molecule has 1 aliphatic rings. The van der Waals surface area contributed by atoms with Crippen LogP contribution in [0.3, 0.4) is 0 Å². The maximum atomic E-state index is 5.61. The molecule has 1 N–H and O–H groups in total. The van der Waals surface area contributed by atoms with E-state index in [2.05, 4.69) is 28.2 Å². The van der Waals surface area contributed by atoms with Gasteiger partial charge in [-0.05, 0) is 38.8 Å². The van der Waals surface area contributed by atoms with E-state index in [4.69, 9.17) is 9.47 Å². The van der Waals surface area contributed by atoms with Crippen LogP contribution in [-0.2, 0) is 0 Å². The van der Waals surface area contributed by atoms with Crippen molar-refractivity contribution in [1.82, 2.24) is 5.32 Å². The lowest BCUT2D eigenvalue weighted by atomic mass is 9.96. The molecule has 1 aliphatic heterocycles. The summed E-state index contributed by atoms with van der Waals surface area (Å²) in [5.74, 6) is 1.70. The van der Waals surface area contributed by atoms with Gasteiger partial charge in [0.15, 0.2) is 11.5 Å². The van der Waals surface area contributed by atoms with Crippen molar-refractivity contribution in [1.29, 1.82) is 0 Å². The quantitative estimate of drug-likeness (QED) is 0.926. The first-order valence-corrected chi connectivity index (χ1v) is 7.05. The lowest BCUT2D eigenvalue weighted by Crippen LogP contribution is -2.16. The van der Waals surface area contributed by atoms with E-state index in [1.54, 1.807) is 14.2 Å². The minimum Gasteiger partial charge on any atom is -0.493 e. The van der Waals surface area contributed by atoms with Crippen molar-refractivity contribution in [3.63, 3.8) is 0 Å². The monoisotopic (exact) mass is 313 g/mol. The molecule has 18 heavy (non-hydrogen) atoms. The molecular weight excluding hydrogens is 294 g/mol. The van der Waals surface area contributed by atoms with E-state index in [0.29, 0.717) is 6.04 Å². The van der Waals surface area contributed by atoms with Crippen molar-refractivity contribution >= 4 is 15.9 Å². The van der Waals surface area contributed by atoms with Gasteiger partial charge in [0.1, 0.15) is 0 Å². The fourth-order valence-corrected chi connectivity index (χ4v) is 3.15. The highest BCUT2D eigenvalue weighted by molar-refractivity contribution is 9.10. The van der Waals surface area contributed by atoms with Gasteiger partial charge in [0.05, 0.1) is 14.2 Å². The predicted molar refractivity (Wildman–Crippen MR) is 76.7 cm³/mol. The van der Waals surface area contributed by atoms with Crippen molar-refractivity contribution in [2.75, 3.05) is 20.8 Å². The maximum Gasteiger partial charge on any atom is 0.166 e. The number of rotatable bonds is 3. The molecule has 1 saturated heterocycles. The molecule has 100 valence electrons. The lowest BCUT2D eigenvalue weighted by molar-refractivity contribution is 0.345. The van der Waals surface area contributed by atoms with Crippen LogP contribution in [0.5, 0.6) is 11.5 Å². The minimum absolute atomic E-state index is 0.366. The SMILES string of the molecule is COc1c(C)c(Br)c(C)c(C2CCCN2)c1OC. The predicted octanol–water partition coefficient (Wildman–Crippen LogP) is 3.51. The van der Waals surface area contributed by atoms with Crippen molar-refractivity contribution in [3.8, 4) is 11.5 Å². The minimum atomic E-state index is 0.366. The smallest absolute Gasteiger partial charge is 0.166 e. The maximum absolute atomic E-state index is 5.61. The van der Waals surface area contributed by atoms with E-state index in [1.165, 1.54) is 17.5 Å². The fraction of sp³-hybridized carbons (Fsp3) is 0.571. The molecule has 1 fully saturated rings. The Balaban J connectivity index is 2.65. The van der Waals surface area contributed by atoms with Crippen LogP contribution in [0, 0.1) is 13.8 Å². The molecule has 0 bridgehead atoms. The number of hydrogen-bond acceptors (Lipinski definition) is 3. The number of halogens is 1. The van der Waals surface area contributed by atoms with Crippen LogP contribution in [0.4, 0.5) is 0 Å². The molecule has 0 amide bonds. The Bertz CT molecular complexity index is 454. The molecule has 0 aromatic heterocycles. The number of methoxy groups -OCH3 is 2. The highest BCUT2D eigenvalue weighted by Crippen LogP contribution is 2.45. The second-order valence-electron chi connectivity index (χ2n) is 4.69. The van der Waals surface area contributed by atoms with Gasteiger partial charge in [-0.3, -0.25) is 0 Å². The normalized spacial score (nSPS) is 19.1. The molecule has 0 aliphatic carbocycles. The molecule has 0 saturated carbocycles. The third-order valence-corrected chi connectivity index (χ3v) is 4.86. The van der Waals surface area contributed by atoms with Gasteiger partial charge < -0.3 is 14.8 Å². The van der Waals surface area contributed by atoms with Crippen LogP contribution in [0.15, 0.2) is 4.47 Å². The fourth-order valence-electron chi connectivity index (χ4n) is 2.76. The van der Waals surface area contributed by atoms with Crippen molar-refractivity contribution in [2.45, 2.75) is 32.7 Å². The first kappa shape index (κ1) is 13.7. The third-order valence-electron chi connectivity index (χ3n) is 3.67. The van der Waals surface area contributed by atoms with Gasteiger partial charge >= 0.3 is 0 Å². The zero-order valence-corrected chi connectivity index (χ0v) is 13.0. The molecule has 0 spiro atoms. The Morgan fingerprint density at radius 2 is 1.78 bits per heavy atom. The Hall–Kier alpha value is -0.740. The second-order valence-corrected chi connectivity index (χ2v) is 5.49. The van der Waals surface area contributed by atoms with Gasteiger partial charge in [0.25, 0.3) is 0 Å². The second kappa shape index (κ2) is 5.49.